The highest BCUT2D eigenvalue weighted by molar-refractivity contribution is 5.86. The van der Waals surface area contributed by atoms with Gasteiger partial charge in [-0.15, -0.1) is 0 Å². The first-order valence-electron chi connectivity index (χ1n) is 6.70. The number of carbonyl (C=O) groups excluding carboxylic acids is 1. The Hall–Kier alpha value is -1.89. The minimum absolute atomic E-state index is 0.242. The molecule has 2 N–H and O–H groups in total. The molecule has 1 aromatic rings. The molecule has 3 heterocycles. The van der Waals surface area contributed by atoms with Crippen molar-refractivity contribution in [2.75, 3.05) is 0 Å². The maximum absolute atomic E-state index is 12.2. The number of carbonyl (C=O) groups is 2. The van der Waals surface area contributed by atoms with Crippen LogP contribution >= 0.6 is 0 Å². The number of carboxylic acid groups (broad SMARTS) is 1. The lowest BCUT2D eigenvalue weighted by molar-refractivity contribution is -0.147. The molecular weight excluding hydrogens is 262 g/mol. The van der Waals surface area contributed by atoms with Gasteiger partial charge in [0.05, 0.1) is 30.2 Å². The molecule has 3 rings (SSSR count). The number of hydrogen-bond donors (Lipinski definition) is 2. The van der Waals surface area contributed by atoms with Crippen LogP contribution in [-0.2, 0) is 27.9 Å². The molecule has 108 valence electrons. The van der Waals surface area contributed by atoms with E-state index in [1.807, 2.05) is 6.20 Å². The molecule has 2 saturated heterocycles. The van der Waals surface area contributed by atoms with Gasteiger partial charge in [-0.2, -0.15) is 5.10 Å². The Morgan fingerprint density at radius 2 is 2.15 bits per heavy atom. The smallest absolute Gasteiger partial charge is 0.310 e. The van der Waals surface area contributed by atoms with Crippen molar-refractivity contribution < 1.29 is 19.4 Å². The monoisotopic (exact) mass is 279 g/mol. The fraction of sp³-hybridized carbons (Fsp3) is 0.615. The van der Waals surface area contributed by atoms with Crippen molar-refractivity contribution in [3.05, 3.63) is 18.0 Å². The number of aromatic nitrogens is 2. The van der Waals surface area contributed by atoms with E-state index in [9.17, 15) is 14.7 Å². The first-order valence-corrected chi connectivity index (χ1v) is 6.70. The molecule has 1 amide bonds. The van der Waals surface area contributed by atoms with Crippen LogP contribution in [0.4, 0.5) is 0 Å². The summed E-state index contributed by atoms with van der Waals surface area (Å²) in [6.45, 7) is 0.354. The molecule has 4 atom stereocenters. The summed E-state index contributed by atoms with van der Waals surface area (Å²) in [6.07, 6.45) is 4.41. The summed E-state index contributed by atoms with van der Waals surface area (Å²) >= 11 is 0. The summed E-state index contributed by atoms with van der Waals surface area (Å²) in [5.41, 5.74) is 0.886. The number of nitrogens with one attached hydrogen (secondary N) is 1. The SMILES string of the molecule is Cn1cc(CNC(=O)[C@@H]2[C@H](C(=O)O)[C@H]3CC[C@H]2O3)cn1. The summed E-state index contributed by atoms with van der Waals surface area (Å²) in [4.78, 5) is 23.6. The quantitative estimate of drug-likeness (QED) is 0.803. The molecule has 0 aromatic carbocycles. The number of carboxylic acids is 1. The van der Waals surface area contributed by atoms with Crippen molar-refractivity contribution in [3.63, 3.8) is 0 Å². The number of aryl methyl sites for hydroxylation is 1. The van der Waals surface area contributed by atoms with E-state index >= 15 is 0 Å². The summed E-state index contributed by atoms with van der Waals surface area (Å²) in [5, 5.41) is 16.1. The van der Waals surface area contributed by atoms with E-state index in [0.29, 0.717) is 6.54 Å². The van der Waals surface area contributed by atoms with Gasteiger partial charge in [-0.3, -0.25) is 14.3 Å². The Labute approximate surface area is 115 Å². The normalized spacial score (nSPS) is 31.4. The second-order valence-electron chi connectivity index (χ2n) is 5.42. The summed E-state index contributed by atoms with van der Waals surface area (Å²) in [7, 11) is 1.80. The first-order chi connectivity index (χ1) is 9.56. The van der Waals surface area contributed by atoms with Gasteiger partial charge in [0.15, 0.2) is 0 Å². The van der Waals surface area contributed by atoms with Crippen molar-refractivity contribution in [1.29, 1.82) is 0 Å². The zero-order valence-electron chi connectivity index (χ0n) is 11.2. The van der Waals surface area contributed by atoms with Crippen molar-refractivity contribution in [3.8, 4) is 0 Å². The van der Waals surface area contributed by atoms with Crippen molar-refractivity contribution in [1.82, 2.24) is 15.1 Å². The fourth-order valence-electron chi connectivity index (χ4n) is 3.19. The van der Waals surface area contributed by atoms with Gasteiger partial charge >= 0.3 is 5.97 Å². The van der Waals surface area contributed by atoms with Gasteiger partial charge in [0.1, 0.15) is 0 Å². The van der Waals surface area contributed by atoms with Crippen LogP contribution in [0.2, 0.25) is 0 Å². The Morgan fingerprint density at radius 1 is 1.45 bits per heavy atom. The van der Waals surface area contributed by atoms with Gasteiger partial charge < -0.3 is 15.2 Å². The van der Waals surface area contributed by atoms with Gasteiger partial charge in [0.25, 0.3) is 0 Å². The van der Waals surface area contributed by atoms with Crippen LogP contribution in [0.1, 0.15) is 18.4 Å². The molecule has 7 heteroatoms. The Bertz CT molecular complexity index is 541. The number of rotatable bonds is 4. The largest absolute Gasteiger partial charge is 0.481 e. The van der Waals surface area contributed by atoms with Crippen molar-refractivity contribution in [2.24, 2.45) is 18.9 Å². The van der Waals surface area contributed by atoms with Crippen LogP contribution in [0.25, 0.3) is 0 Å². The Balaban J connectivity index is 1.65. The lowest BCUT2D eigenvalue weighted by Crippen LogP contribution is -2.43. The summed E-state index contributed by atoms with van der Waals surface area (Å²) in [6, 6.07) is 0. The number of amides is 1. The Kier molecular flexibility index (Phi) is 3.21. The topological polar surface area (TPSA) is 93.5 Å². The minimum Gasteiger partial charge on any atom is -0.481 e. The molecular formula is C13H17N3O4. The van der Waals surface area contributed by atoms with Crippen LogP contribution in [0.15, 0.2) is 12.4 Å². The molecule has 0 aliphatic carbocycles. The number of ether oxygens (including phenoxy) is 1. The van der Waals surface area contributed by atoms with Gasteiger partial charge in [0.2, 0.25) is 5.91 Å². The van der Waals surface area contributed by atoms with Crippen LogP contribution in [0.5, 0.6) is 0 Å². The Morgan fingerprint density at radius 3 is 2.75 bits per heavy atom. The zero-order valence-corrected chi connectivity index (χ0v) is 11.2. The molecule has 2 bridgehead atoms. The second-order valence-corrected chi connectivity index (χ2v) is 5.42. The van der Waals surface area contributed by atoms with Gasteiger partial charge in [0, 0.05) is 25.4 Å². The molecule has 20 heavy (non-hydrogen) atoms. The van der Waals surface area contributed by atoms with E-state index in [1.54, 1.807) is 17.9 Å². The fourth-order valence-corrected chi connectivity index (χ4v) is 3.19. The molecule has 1 aromatic heterocycles. The maximum atomic E-state index is 12.2. The lowest BCUT2D eigenvalue weighted by atomic mass is 9.78. The molecule has 0 spiro atoms. The van der Waals surface area contributed by atoms with Gasteiger partial charge in [-0.1, -0.05) is 0 Å². The molecule has 0 radical (unpaired) electrons. The summed E-state index contributed by atoms with van der Waals surface area (Å²) in [5.74, 6) is -2.49. The highest BCUT2D eigenvalue weighted by atomic mass is 16.5. The highest BCUT2D eigenvalue weighted by Gasteiger charge is 2.55. The van der Waals surface area contributed by atoms with E-state index in [4.69, 9.17) is 4.74 Å². The number of hydrogen-bond acceptors (Lipinski definition) is 4. The predicted molar refractivity (Wildman–Crippen MR) is 67.6 cm³/mol. The number of fused-ring (bicyclic) bond motifs is 2. The van der Waals surface area contributed by atoms with Crippen molar-refractivity contribution >= 4 is 11.9 Å². The zero-order chi connectivity index (χ0) is 14.3. The maximum Gasteiger partial charge on any atom is 0.310 e. The van der Waals surface area contributed by atoms with Crippen LogP contribution in [0, 0.1) is 11.8 Å². The summed E-state index contributed by atoms with van der Waals surface area (Å²) < 4.78 is 7.23. The highest BCUT2D eigenvalue weighted by Crippen LogP contribution is 2.43. The van der Waals surface area contributed by atoms with E-state index in [1.165, 1.54) is 0 Å². The second kappa shape index (κ2) is 4.90. The predicted octanol–water partition coefficient (Wildman–Crippen LogP) is -0.0855. The van der Waals surface area contributed by atoms with E-state index in [-0.39, 0.29) is 18.1 Å². The van der Waals surface area contributed by atoms with Gasteiger partial charge in [-0.05, 0) is 12.8 Å². The molecule has 2 aliphatic rings. The molecule has 2 aliphatic heterocycles. The minimum atomic E-state index is -0.946. The average Bonchev–Trinajstić information content (AvgIpc) is 3.10. The first kappa shape index (κ1) is 13.1. The van der Waals surface area contributed by atoms with Crippen LogP contribution < -0.4 is 5.32 Å². The van der Waals surface area contributed by atoms with E-state index in [0.717, 1.165) is 18.4 Å². The van der Waals surface area contributed by atoms with Crippen LogP contribution in [0.3, 0.4) is 0 Å². The third kappa shape index (κ3) is 2.18. The third-order valence-electron chi connectivity index (χ3n) is 4.09. The molecule has 0 unspecified atom stereocenters. The van der Waals surface area contributed by atoms with E-state index < -0.39 is 17.8 Å². The molecule has 0 saturated carbocycles. The average molecular weight is 279 g/mol. The molecule has 7 nitrogen and oxygen atoms in total. The lowest BCUT2D eigenvalue weighted by Gasteiger charge is -2.23. The standard InChI is InChI=1S/C13H17N3O4/c1-16-6-7(5-15-16)4-14-12(17)10-8-2-3-9(20-8)11(10)13(18)19/h5-6,8-11H,2-4H2,1H3,(H,14,17)(H,18,19)/t8-,9-,10+,11-/m1/s1. The number of nitrogens with zero attached hydrogens (tertiary/aromatic N) is 2. The molecule has 2 fully saturated rings. The van der Waals surface area contributed by atoms with E-state index in [2.05, 4.69) is 10.4 Å². The van der Waals surface area contributed by atoms with Gasteiger partial charge in [-0.25, -0.2) is 0 Å². The third-order valence-corrected chi connectivity index (χ3v) is 4.09. The van der Waals surface area contributed by atoms with Crippen molar-refractivity contribution in [2.45, 2.75) is 31.6 Å². The number of aliphatic carboxylic acids is 1. The van der Waals surface area contributed by atoms with Crippen LogP contribution in [-0.4, -0.2) is 39.0 Å².